The average Bonchev–Trinajstić information content (AvgIpc) is 2.87. The van der Waals surface area contributed by atoms with Crippen LogP contribution < -0.4 is 9.80 Å². The fourth-order valence-corrected chi connectivity index (χ4v) is 4.11. The lowest BCUT2D eigenvalue weighted by molar-refractivity contribution is -0.138. The molecular weight excluding hydrogens is 461 g/mol. The summed E-state index contributed by atoms with van der Waals surface area (Å²) in [6.07, 6.45) is -5.36. The Bertz CT molecular complexity index is 1240. The molecule has 3 aromatic rings. The zero-order valence-electron chi connectivity index (χ0n) is 18.6. The van der Waals surface area contributed by atoms with E-state index in [-0.39, 0.29) is 17.8 Å². The van der Waals surface area contributed by atoms with Crippen molar-refractivity contribution in [3.05, 3.63) is 107 Å². The van der Waals surface area contributed by atoms with Crippen LogP contribution in [0.4, 0.5) is 24.5 Å². The van der Waals surface area contributed by atoms with Gasteiger partial charge in [0.25, 0.3) is 0 Å². The Labute approximate surface area is 199 Å². The number of anilines is 2. The molecule has 0 aliphatic carbocycles. The van der Waals surface area contributed by atoms with Gasteiger partial charge in [0.05, 0.1) is 24.8 Å². The van der Waals surface area contributed by atoms with Crippen LogP contribution in [0.3, 0.4) is 0 Å². The van der Waals surface area contributed by atoms with Gasteiger partial charge in [-0.1, -0.05) is 48.5 Å². The Kier molecular flexibility index (Phi) is 6.50. The lowest BCUT2D eigenvalue weighted by atomic mass is 9.99. The van der Waals surface area contributed by atoms with E-state index in [0.29, 0.717) is 16.9 Å². The highest BCUT2D eigenvalue weighted by molar-refractivity contribution is 6.04. The molecule has 6 nitrogen and oxygen atoms in total. The van der Waals surface area contributed by atoms with Gasteiger partial charge in [0.15, 0.2) is 0 Å². The maximum atomic E-state index is 13.2. The summed E-state index contributed by atoms with van der Waals surface area (Å²) in [7, 11) is 1.15. The quantitative estimate of drug-likeness (QED) is 0.502. The largest absolute Gasteiger partial charge is 0.478 e. The molecular formula is C26H21F3N2O4. The highest BCUT2D eigenvalue weighted by Crippen LogP contribution is 2.42. The van der Waals surface area contributed by atoms with Crippen LogP contribution in [-0.2, 0) is 20.5 Å². The van der Waals surface area contributed by atoms with Gasteiger partial charge in [-0.2, -0.15) is 13.2 Å². The monoisotopic (exact) mass is 482 g/mol. The normalized spacial score (nSPS) is 16.3. The van der Waals surface area contributed by atoms with Crippen molar-refractivity contribution in [1.82, 2.24) is 0 Å². The third kappa shape index (κ3) is 4.70. The molecule has 0 saturated carbocycles. The summed E-state index contributed by atoms with van der Waals surface area (Å²) in [6, 6.07) is 22.0. The summed E-state index contributed by atoms with van der Waals surface area (Å²) in [5.74, 6) is -2.17. The maximum Gasteiger partial charge on any atom is 0.416 e. The number of alkyl halides is 3. The van der Waals surface area contributed by atoms with Gasteiger partial charge in [0.2, 0.25) is 0 Å². The predicted octanol–water partition coefficient (Wildman–Crippen LogP) is 5.24. The summed E-state index contributed by atoms with van der Waals surface area (Å²) < 4.78 is 44.7. The number of carbonyl (C=O) groups is 2. The number of rotatable bonds is 5. The first-order valence-corrected chi connectivity index (χ1v) is 10.6. The van der Waals surface area contributed by atoms with Gasteiger partial charge in [0.1, 0.15) is 11.9 Å². The van der Waals surface area contributed by atoms with E-state index < -0.39 is 29.8 Å². The topological polar surface area (TPSA) is 70.1 Å². The van der Waals surface area contributed by atoms with Gasteiger partial charge in [-0.25, -0.2) is 9.59 Å². The first kappa shape index (κ1) is 23.9. The smallest absolute Gasteiger partial charge is 0.416 e. The van der Waals surface area contributed by atoms with Gasteiger partial charge in [-0.15, -0.1) is 0 Å². The Morgan fingerprint density at radius 1 is 0.886 bits per heavy atom. The molecule has 180 valence electrons. The number of ether oxygens (including phenoxy) is 1. The lowest BCUT2D eigenvalue weighted by Gasteiger charge is -2.46. The molecule has 1 heterocycles. The van der Waals surface area contributed by atoms with Crippen molar-refractivity contribution in [2.24, 2.45) is 0 Å². The minimum absolute atomic E-state index is 0.182. The molecule has 0 saturated heterocycles. The number of methoxy groups -OCH3 is 1. The number of nitrogens with zero attached hydrogens (tertiary/aromatic N) is 2. The van der Waals surface area contributed by atoms with Crippen LogP contribution in [0, 0.1) is 0 Å². The van der Waals surface area contributed by atoms with E-state index in [1.165, 1.54) is 17.0 Å². The minimum atomic E-state index is -4.52. The molecule has 1 aliphatic rings. The van der Waals surface area contributed by atoms with Gasteiger partial charge >= 0.3 is 18.1 Å². The summed E-state index contributed by atoms with van der Waals surface area (Å²) in [6.45, 7) is -0.182. The van der Waals surface area contributed by atoms with E-state index in [9.17, 15) is 27.9 Å². The third-order valence-electron chi connectivity index (χ3n) is 5.69. The Morgan fingerprint density at radius 3 is 1.91 bits per heavy atom. The zero-order valence-corrected chi connectivity index (χ0v) is 18.6. The van der Waals surface area contributed by atoms with Crippen molar-refractivity contribution < 1.29 is 32.6 Å². The van der Waals surface area contributed by atoms with Gasteiger partial charge < -0.3 is 19.6 Å². The first-order chi connectivity index (χ1) is 16.7. The van der Waals surface area contributed by atoms with Crippen LogP contribution in [-0.4, -0.2) is 30.7 Å². The van der Waals surface area contributed by atoms with Gasteiger partial charge in [0, 0.05) is 11.4 Å². The standard InChI is InChI=1S/C26H21F3N2O4/c1-35-25(34)22-21(24(32)33)16-30(19-8-4-2-5-9-19)23(31(22)20-10-6-3-7-11-20)17-12-14-18(15-13-17)26(27,28)29/h2-15,23H,16H2,1H3,(H,32,33). The zero-order chi connectivity index (χ0) is 25.2. The van der Waals surface area contributed by atoms with Gasteiger partial charge in [-0.3, -0.25) is 0 Å². The molecule has 4 rings (SSSR count). The van der Waals surface area contributed by atoms with E-state index in [0.717, 1.165) is 19.2 Å². The van der Waals surface area contributed by atoms with E-state index in [2.05, 4.69) is 0 Å². The highest BCUT2D eigenvalue weighted by atomic mass is 19.4. The number of benzene rings is 3. The van der Waals surface area contributed by atoms with Crippen LogP contribution >= 0.6 is 0 Å². The van der Waals surface area contributed by atoms with E-state index in [1.54, 1.807) is 65.6 Å². The second-order valence-electron chi connectivity index (χ2n) is 7.79. The Morgan fingerprint density at radius 2 is 1.43 bits per heavy atom. The molecule has 0 fully saturated rings. The van der Waals surface area contributed by atoms with E-state index >= 15 is 0 Å². The Balaban J connectivity index is 2.00. The molecule has 1 atom stereocenters. The van der Waals surface area contributed by atoms with Gasteiger partial charge in [-0.05, 0) is 42.0 Å². The van der Waals surface area contributed by atoms with Crippen LogP contribution in [0.25, 0.3) is 0 Å². The number of hydrogen-bond donors (Lipinski definition) is 1. The van der Waals surface area contributed by atoms with E-state index in [4.69, 9.17) is 4.74 Å². The lowest BCUT2D eigenvalue weighted by Crippen LogP contribution is -2.50. The van der Waals surface area contributed by atoms with Crippen LogP contribution in [0.1, 0.15) is 17.3 Å². The second-order valence-corrected chi connectivity index (χ2v) is 7.79. The second kappa shape index (κ2) is 9.54. The molecule has 0 radical (unpaired) electrons. The summed E-state index contributed by atoms with van der Waals surface area (Å²) in [5, 5.41) is 10.0. The molecule has 3 aromatic carbocycles. The number of aliphatic carboxylic acids is 1. The molecule has 1 N–H and O–H groups in total. The fourth-order valence-electron chi connectivity index (χ4n) is 4.11. The van der Waals surface area contributed by atoms with Crippen LogP contribution in [0.5, 0.6) is 0 Å². The van der Waals surface area contributed by atoms with Crippen molar-refractivity contribution in [3.8, 4) is 0 Å². The van der Waals surface area contributed by atoms with Crippen LogP contribution in [0.2, 0.25) is 0 Å². The number of carbonyl (C=O) groups excluding carboxylic acids is 1. The predicted molar refractivity (Wildman–Crippen MR) is 124 cm³/mol. The number of hydrogen-bond acceptors (Lipinski definition) is 5. The van der Waals surface area contributed by atoms with Crippen LogP contribution in [0.15, 0.2) is 96.2 Å². The number of para-hydroxylation sites is 2. The van der Waals surface area contributed by atoms with Crippen molar-refractivity contribution in [3.63, 3.8) is 0 Å². The molecule has 1 aliphatic heterocycles. The number of esters is 1. The van der Waals surface area contributed by atoms with Crippen molar-refractivity contribution in [1.29, 1.82) is 0 Å². The van der Waals surface area contributed by atoms with Crippen molar-refractivity contribution >= 4 is 23.3 Å². The molecule has 0 spiro atoms. The summed E-state index contributed by atoms with van der Waals surface area (Å²) in [4.78, 5) is 28.4. The summed E-state index contributed by atoms with van der Waals surface area (Å²) >= 11 is 0. The molecule has 0 bridgehead atoms. The number of carboxylic acids is 1. The maximum absolute atomic E-state index is 13.2. The molecule has 35 heavy (non-hydrogen) atoms. The average molecular weight is 482 g/mol. The first-order valence-electron chi connectivity index (χ1n) is 10.6. The van der Waals surface area contributed by atoms with Crippen molar-refractivity contribution in [2.45, 2.75) is 12.3 Å². The highest BCUT2D eigenvalue weighted by Gasteiger charge is 2.42. The third-order valence-corrected chi connectivity index (χ3v) is 5.69. The molecule has 1 unspecified atom stereocenters. The molecule has 9 heteroatoms. The molecule has 0 amide bonds. The van der Waals surface area contributed by atoms with E-state index in [1.807, 2.05) is 0 Å². The molecule has 0 aromatic heterocycles. The number of halogens is 3. The SMILES string of the molecule is COC(=O)C1=C(C(=O)O)CN(c2ccccc2)C(c2ccc(C(F)(F)F)cc2)N1c1ccccc1. The Hall–Kier alpha value is -4.27. The minimum Gasteiger partial charge on any atom is -0.478 e. The van der Waals surface area contributed by atoms with Crippen molar-refractivity contribution in [2.75, 3.05) is 23.5 Å². The fraction of sp³-hybridized carbons (Fsp3) is 0.154. The number of carboxylic acid groups (broad SMARTS) is 1. The summed E-state index contributed by atoms with van der Waals surface area (Å²) in [5.41, 5.74) is 0.315.